The highest BCUT2D eigenvalue weighted by Crippen LogP contribution is 2.38. The zero-order chi connectivity index (χ0) is 29.5. The molecule has 2 atom stereocenters. The first-order valence-electron chi connectivity index (χ1n) is 13.6. The second-order valence-corrected chi connectivity index (χ2v) is 11.0. The van der Waals surface area contributed by atoms with E-state index in [0.29, 0.717) is 48.7 Å². The molecule has 2 fully saturated rings. The average molecular weight is 573 g/mol. The summed E-state index contributed by atoms with van der Waals surface area (Å²) in [5, 5.41) is 2.58. The first-order chi connectivity index (χ1) is 19.4. The number of anilines is 2. The predicted octanol–water partition coefficient (Wildman–Crippen LogP) is 5.77. The van der Waals surface area contributed by atoms with Crippen molar-refractivity contribution in [1.29, 1.82) is 0 Å². The molecule has 2 aromatic carbocycles. The third kappa shape index (κ3) is 6.40. The van der Waals surface area contributed by atoms with Crippen LogP contribution < -0.4 is 20.5 Å². The highest BCUT2D eigenvalue weighted by atomic mass is 19.4. The SMILES string of the molecule is C[C@@H]1CN(c2cc(F)c(-c3ccc(OCC4CC4)cc3)cc2NC(=O)c2c[nH]c(=O)cc2C(F)(F)F)C[C@H](C)N1C. The van der Waals surface area contributed by atoms with Crippen molar-refractivity contribution in [2.24, 2.45) is 5.92 Å². The van der Waals surface area contributed by atoms with E-state index in [-0.39, 0.29) is 23.3 Å². The lowest BCUT2D eigenvalue weighted by Gasteiger charge is -2.44. The minimum atomic E-state index is -4.93. The van der Waals surface area contributed by atoms with Crippen molar-refractivity contribution in [1.82, 2.24) is 9.88 Å². The molecule has 0 radical (unpaired) electrons. The van der Waals surface area contributed by atoms with Gasteiger partial charge in [0.2, 0.25) is 5.56 Å². The highest BCUT2D eigenvalue weighted by Gasteiger charge is 2.36. The lowest BCUT2D eigenvalue weighted by molar-refractivity contribution is -0.138. The zero-order valence-electron chi connectivity index (χ0n) is 23.0. The number of nitrogens with zero attached hydrogens (tertiary/aromatic N) is 2. The summed E-state index contributed by atoms with van der Waals surface area (Å²) in [4.78, 5) is 31.1. The lowest BCUT2D eigenvalue weighted by atomic mass is 10.0. The molecule has 41 heavy (non-hydrogen) atoms. The van der Waals surface area contributed by atoms with Gasteiger partial charge in [0, 0.05) is 43.0 Å². The lowest BCUT2D eigenvalue weighted by Crippen LogP contribution is -2.55. The molecule has 5 rings (SSSR count). The molecule has 1 saturated heterocycles. The molecule has 0 spiro atoms. The average Bonchev–Trinajstić information content (AvgIpc) is 3.75. The van der Waals surface area contributed by atoms with Crippen LogP contribution in [0.4, 0.5) is 28.9 Å². The Morgan fingerprint density at radius 3 is 2.34 bits per heavy atom. The summed E-state index contributed by atoms with van der Waals surface area (Å²) < 4.78 is 62.5. The molecule has 2 N–H and O–H groups in total. The number of aromatic amines is 1. The maximum atomic E-state index is 15.7. The molecule has 1 saturated carbocycles. The van der Waals surface area contributed by atoms with Crippen molar-refractivity contribution in [2.75, 3.05) is 37.0 Å². The van der Waals surface area contributed by atoms with E-state index in [0.717, 1.165) is 19.0 Å². The highest BCUT2D eigenvalue weighted by molar-refractivity contribution is 6.07. The van der Waals surface area contributed by atoms with Crippen molar-refractivity contribution in [2.45, 2.75) is 44.9 Å². The van der Waals surface area contributed by atoms with Crippen LogP contribution in [0.15, 0.2) is 53.5 Å². The number of carbonyl (C=O) groups excluding carboxylic acids is 1. The number of H-pyrrole nitrogens is 1. The molecule has 1 aliphatic heterocycles. The van der Waals surface area contributed by atoms with Gasteiger partial charge < -0.3 is 19.9 Å². The van der Waals surface area contributed by atoms with Crippen LogP contribution in [0.25, 0.3) is 11.1 Å². The van der Waals surface area contributed by atoms with Crippen LogP contribution in [-0.4, -0.2) is 54.6 Å². The summed E-state index contributed by atoms with van der Waals surface area (Å²) in [6.07, 6.45) is -1.88. The fraction of sp³-hybridized carbons (Fsp3) is 0.400. The topological polar surface area (TPSA) is 77.7 Å². The van der Waals surface area contributed by atoms with E-state index in [9.17, 15) is 22.8 Å². The van der Waals surface area contributed by atoms with Gasteiger partial charge in [-0.1, -0.05) is 12.1 Å². The first-order valence-corrected chi connectivity index (χ1v) is 13.6. The summed E-state index contributed by atoms with van der Waals surface area (Å²) in [7, 11) is 1.99. The number of alkyl halides is 3. The molecule has 3 aromatic rings. The van der Waals surface area contributed by atoms with Crippen LogP contribution in [0.3, 0.4) is 0 Å². The third-order valence-electron chi connectivity index (χ3n) is 7.86. The van der Waals surface area contributed by atoms with Gasteiger partial charge in [-0.15, -0.1) is 0 Å². The minimum Gasteiger partial charge on any atom is -0.493 e. The summed E-state index contributed by atoms with van der Waals surface area (Å²) in [5.41, 5.74) is -1.88. The first kappa shape index (κ1) is 28.7. The van der Waals surface area contributed by atoms with E-state index in [2.05, 4.69) is 15.2 Å². The summed E-state index contributed by atoms with van der Waals surface area (Å²) >= 11 is 0. The van der Waals surface area contributed by atoms with Crippen LogP contribution in [0.1, 0.15) is 42.6 Å². The number of halogens is 4. The fourth-order valence-electron chi connectivity index (χ4n) is 5.06. The number of pyridine rings is 1. The molecule has 218 valence electrons. The van der Waals surface area contributed by atoms with E-state index in [1.54, 1.807) is 24.3 Å². The molecule has 0 bridgehead atoms. The Morgan fingerprint density at radius 2 is 1.73 bits per heavy atom. The van der Waals surface area contributed by atoms with Gasteiger partial charge in [-0.3, -0.25) is 14.5 Å². The van der Waals surface area contributed by atoms with Gasteiger partial charge >= 0.3 is 6.18 Å². The Balaban J connectivity index is 1.52. The number of benzene rings is 2. The Kier molecular flexibility index (Phi) is 7.83. The number of rotatable bonds is 7. The molecule has 7 nitrogen and oxygen atoms in total. The predicted molar refractivity (Wildman–Crippen MR) is 149 cm³/mol. The second kappa shape index (κ2) is 11.2. The molecule has 1 amide bonds. The minimum absolute atomic E-state index is 0.101. The monoisotopic (exact) mass is 572 g/mol. The van der Waals surface area contributed by atoms with Crippen LogP contribution in [0, 0.1) is 11.7 Å². The van der Waals surface area contributed by atoms with Crippen molar-refractivity contribution in [3.05, 3.63) is 76.0 Å². The van der Waals surface area contributed by atoms with Gasteiger partial charge in [0.25, 0.3) is 5.91 Å². The number of likely N-dealkylation sites (N-methyl/N-ethyl adjacent to an activating group) is 1. The third-order valence-corrected chi connectivity index (χ3v) is 7.86. The number of piperazine rings is 1. The van der Waals surface area contributed by atoms with Crippen molar-refractivity contribution < 1.29 is 27.1 Å². The Bertz CT molecular complexity index is 1470. The number of hydrogen-bond acceptors (Lipinski definition) is 5. The van der Waals surface area contributed by atoms with E-state index in [1.165, 1.54) is 12.1 Å². The number of ether oxygens (including phenoxy) is 1. The van der Waals surface area contributed by atoms with Gasteiger partial charge in [-0.25, -0.2) is 4.39 Å². The van der Waals surface area contributed by atoms with Crippen LogP contribution in [-0.2, 0) is 6.18 Å². The maximum Gasteiger partial charge on any atom is 0.417 e. The number of nitrogens with one attached hydrogen (secondary N) is 2. The van der Waals surface area contributed by atoms with Crippen LogP contribution >= 0.6 is 0 Å². The Morgan fingerprint density at radius 1 is 1.07 bits per heavy atom. The summed E-state index contributed by atoms with van der Waals surface area (Å²) in [5.74, 6) is -0.383. The van der Waals surface area contributed by atoms with E-state index in [1.807, 2.05) is 25.8 Å². The number of aromatic nitrogens is 1. The molecule has 0 unspecified atom stereocenters. The van der Waals surface area contributed by atoms with Crippen molar-refractivity contribution in [3.8, 4) is 16.9 Å². The van der Waals surface area contributed by atoms with Crippen molar-refractivity contribution in [3.63, 3.8) is 0 Å². The summed E-state index contributed by atoms with van der Waals surface area (Å²) in [6, 6.07) is 10.2. The molecular formula is C30H32F4N4O3. The fourth-order valence-corrected chi connectivity index (χ4v) is 5.06. The molecule has 2 aliphatic rings. The van der Waals surface area contributed by atoms with Crippen LogP contribution in [0.2, 0.25) is 0 Å². The largest absolute Gasteiger partial charge is 0.493 e. The van der Waals surface area contributed by atoms with E-state index >= 15 is 4.39 Å². The molecule has 2 heterocycles. The number of hydrogen-bond donors (Lipinski definition) is 2. The van der Waals surface area contributed by atoms with Gasteiger partial charge in [0.15, 0.2) is 0 Å². The standard InChI is InChI=1S/C30H32F4N4O3/c1-17-14-38(15-18(2)37(17)3)27-12-25(31)22(20-6-8-21(9-7-20)41-16-19-4-5-19)10-26(27)36-29(40)23-13-35-28(39)11-24(23)30(32,33)34/h6-13,17-19H,4-5,14-16H2,1-3H3,(H,35,39)(H,36,40)/t17-,18+. The number of carbonyl (C=O) groups is 1. The molecule has 11 heteroatoms. The van der Waals surface area contributed by atoms with E-state index < -0.39 is 34.6 Å². The second-order valence-electron chi connectivity index (χ2n) is 11.0. The van der Waals surface area contributed by atoms with Crippen LogP contribution in [0.5, 0.6) is 5.75 Å². The Hall–Kier alpha value is -3.86. The summed E-state index contributed by atoms with van der Waals surface area (Å²) in [6.45, 7) is 5.71. The maximum absolute atomic E-state index is 15.7. The van der Waals surface area contributed by atoms with Crippen molar-refractivity contribution >= 4 is 17.3 Å². The quantitative estimate of drug-likeness (QED) is 0.352. The molecule has 1 aliphatic carbocycles. The smallest absolute Gasteiger partial charge is 0.417 e. The van der Waals surface area contributed by atoms with Gasteiger partial charge in [-0.05, 0) is 69.5 Å². The Labute approximate surface area is 235 Å². The van der Waals surface area contributed by atoms with Gasteiger partial charge in [0.05, 0.1) is 29.1 Å². The number of amides is 1. The molecule has 1 aromatic heterocycles. The molecular weight excluding hydrogens is 540 g/mol. The van der Waals surface area contributed by atoms with Gasteiger partial charge in [0.1, 0.15) is 11.6 Å². The zero-order valence-corrected chi connectivity index (χ0v) is 23.0. The normalized spacial score (nSPS) is 19.7. The van der Waals surface area contributed by atoms with E-state index in [4.69, 9.17) is 4.74 Å². The van der Waals surface area contributed by atoms with Gasteiger partial charge in [-0.2, -0.15) is 13.2 Å².